The van der Waals surface area contributed by atoms with Crippen LogP contribution in [0, 0.1) is 6.92 Å². The Bertz CT molecular complexity index is 728. The molecule has 0 unspecified atom stereocenters. The lowest BCUT2D eigenvalue weighted by atomic mass is 10.2. The van der Waals surface area contributed by atoms with Crippen LogP contribution in [0.4, 0.5) is 5.69 Å². The molecule has 6 heteroatoms. The van der Waals surface area contributed by atoms with Crippen molar-refractivity contribution in [3.8, 4) is 11.5 Å². The first kappa shape index (κ1) is 18.5. The SMILES string of the molecule is Cc1cccc(Oc2ccc(NC(=O)CN(C)CCC(=O)O)cc2)c1. The molecule has 2 rings (SSSR count). The summed E-state index contributed by atoms with van der Waals surface area (Å²) in [5.41, 5.74) is 1.78. The summed E-state index contributed by atoms with van der Waals surface area (Å²) in [6.07, 6.45) is 0.00871. The van der Waals surface area contributed by atoms with Gasteiger partial charge in [0.2, 0.25) is 5.91 Å². The maximum Gasteiger partial charge on any atom is 0.304 e. The van der Waals surface area contributed by atoms with Gasteiger partial charge in [0.15, 0.2) is 0 Å². The first-order valence-electron chi connectivity index (χ1n) is 7.97. The van der Waals surface area contributed by atoms with E-state index in [0.717, 1.165) is 11.3 Å². The third-order valence-corrected chi connectivity index (χ3v) is 3.48. The smallest absolute Gasteiger partial charge is 0.304 e. The maximum absolute atomic E-state index is 11.9. The van der Waals surface area contributed by atoms with E-state index in [-0.39, 0.29) is 18.9 Å². The van der Waals surface area contributed by atoms with Crippen LogP contribution in [0.5, 0.6) is 11.5 Å². The molecule has 0 aromatic heterocycles. The minimum Gasteiger partial charge on any atom is -0.481 e. The molecule has 0 aliphatic rings. The lowest BCUT2D eigenvalue weighted by molar-refractivity contribution is -0.137. The van der Waals surface area contributed by atoms with Crippen LogP contribution in [0.15, 0.2) is 48.5 Å². The lowest BCUT2D eigenvalue weighted by Crippen LogP contribution is -2.31. The first-order valence-corrected chi connectivity index (χ1v) is 7.97. The van der Waals surface area contributed by atoms with Crippen LogP contribution in [0.3, 0.4) is 0 Å². The quantitative estimate of drug-likeness (QED) is 0.770. The van der Waals surface area contributed by atoms with Crippen molar-refractivity contribution in [2.24, 2.45) is 0 Å². The summed E-state index contributed by atoms with van der Waals surface area (Å²) in [4.78, 5) is 24.1. The molecule has 1 amide bonds. The highest BCUT2D eigenvalue weighted by Crippen LogP contribution is 2.23. The summed E-state index contributed by atoms with van der Waals surface area (Å²) in [6, 6.07) is 14.9. The molecule has 0 bridgehead atoms. The Morgan fingerprint density at radius 2 is 1.84 bits per heavy atom. The normalized spacial score (nSPS) is 10.5. The van der Waals surface area contributed by atoms with E-state index < -0.39 is 5.97 Å². The van der Waals surface area contributed by atoms with Gasteiger partial charge in [0.25, 0.3) is 0 Å². The van der Waals surface area contributed by atoms with E-state index in [0.29, 0.717) is 18.0 Å². The highest BCUT2D eigenvalue weighted by Gasteiger charge is 2.08. The molecule has 2 N–H and O–H groups in total. The number of hydrogen-bond acceptors (Lipinski definition) is 4. The van der Waals surface area contributed by atoms with Crippen molar-refractivity contribution in [1.29, 1.82) is 0 Å². The highest BCUT2D eigenvalue weighted by molar-refractivity contribution is 5.92. The zero-order chi connectivity index (χ0) is 18.2. The van der Waals surface area contributed by atoms with E-state index in [1.165, 1.54) is 0 Å². The van der Waals surface area contributed by atoms with Gasteiger partial charge in [-0.1, -0.05) is 12.1 Å². The molecule has 0 saturated heterocycles. The fourth-order valence-electron chi connectivity index (χ4n) is 2.23. The van der Waals surface area contributed by atoms with E-state index in [4.69, 9.17) is 9.84 Å². The van der Waals surface area contributed by atoms with Crippen molar-refractivity contribution in [2.45, 2.75) is 13.3 Å². The van der Waals surface area contributed by atoms with Gasteiger partial charge in [0.05, 0.1) is 13.0 Å². The minimum atomic E-state index is -0.878. The zero-order valence-corrected chi connectivity index (χ0v) is 14.4. The molecule has 0 spiro atoms. The number of anilines is 1. The maximum atomic E-state index is 11.9. The van der Waals surface area contributed by atoms with E-state index in [1.54, 1.807) is 36.2 Å². The number of benzene rings is 2. The molecule has 0 saturated carbocycles. The third-order valence-electron chi connectivity index (χ3n) is 3.48. The largest absolute Gasteiger partial charge is 0.481 e. The number of carboxylic acids is 1. The molecule has 0 radical (unpaired) electrons. The molecule has 6 nitrogen and oxygen atoms in total. The average Bonchev–Trinajstić information content (AvgIpc) is 2.55. The van der Waals surface area contributed by atoms with Gasteiger partial charge in [-0.05, 0) is 55.9 Å². The second-order valence-electron chi connectivity index (χ2n) is 5.87. The summed E-state index contributed by atoms with van der Waals surface area (Å²) in [5, 5.41) is 11.4. The Kier molecular flexibility index (Phi) is 6.54. The zero-order valence-electron chi connectivity index (χ0n) is 14.4. The molecule has 2 aromatic rings. The number of likely N-dealkylation sites (N-methyl/N-ethyl adjacent to an activating group) is 1. The first-order chi connectivity index (χ1) is 11.9. The number of carbonyl (C=O) groups is 2. The Labute approximate surface area is 147 Å². The fourth-order valence-corrected chi connectivity index (χ4v) is 2.23. The van der Waals surface area contributed by atoms with Gasteiger partial charge in [0.1, 0.15) is 11.5 Å². The van der Waals surface area contributed by atoms with Crippen LogP contribution in [-0.4, -0.2) is 42.0 Å². The van der Waals surface area contributed by atoms with Gasteiger partial charge in [-0.2, -0.15) is 0 Å². The van der Waals surface area contributed by atoms with Gasteiger partial charge in [-0.3, -0.25) is 14.5 Å². The summed E-state index contributed by atoms with van der Waals surface area (Å²) >= 11 is 0. The van der Waals surface area contributed by atoms with Crippen LogP contribution < -0.4 is 10.1 Å². The van der Waals surface area contributed by atoms with Gasteiger partial charge < -0.3 is 15.2 Å². The number of nitrogens with one attached hydrogen (secondary N) is 1. The monoisotopic (exact) mass is 342 g/mol. The standard InChI is InChI=1S/C19H22N2O4/c1-14-4-3-5-17(12-14)25-16-8-6-15(7-9-16)20-18(22)13-21(2)11-10-19(23)24/h3-9,12H,10-11,13H2,1-2H3,(H,20,22)(H,23,24). The van der Waals surface area contributed by atoms with Gasteiger partial charge in [0, 0.05) is 12.2 Å². The Morgan fingerprint density at radius 1 is 1.12 bits per heavy atom. The number of hydrogen-bond donors (Lipinski definition) is 2. The van der Waals surface area contributed by atoms with Crippen molar-refractivity contribution in [3.63, 3.8) is 0 Å². The topological polar surface area (TPSA) is 78.9 Å². The molecule has 132 valence electrons. The number of carbonyl (C=O) groups excluding carboxylic acids is 1. The summed E-state index contributed by atoms with van der Waals surface area (Å²) in [5.74, 6) is 0.371. The second kappa shape index (κ2) is 8.84. The molecule has 0 aliphatic carbocycles. The Balaban J connectivity index is 1.85. The van der Waals surface area contributed by atoms with E-state index >= 15 is 0 Å². The fraction of sp³-hybridized carbons (Fsp3) is 0.263. The van der Waals surface area contributed by atoms with Gasteiger partial charge >= 0.3 is 5.97 Å². The van der Waals surface area contributed by atoms with Crippen LogP contribution in [0.2, 0.25) is 0 Å². The van der Waals surface area contributed by atoms with E-state index in [9.17, 15) is 9.59 Å². The molecular weight excluding hydrogens is 320 g/mol. The molecule has 0 aliphatic heterocycles. The number of nitrogens with zero attached hydrogens (tertiary/aromatic N) is 1. The number of rotatable bonds is 8. The van der Waals surface area contributed by atoms with Crippen molar-refractivity contribution in [1.82, 2.24) is 4.90 Å². The molecule has 2 aromatic carbocycles. The molecule has 0 heterocycles. The van der Waals surface area contributed by atoms with Crippen LogP contribution >= 0.6 is 0 Å². The summed E-state index contributed by atoms with van der Waals surface area (Å²) < 4.78 is 5.76. The van der Waals surface area contributed by atoms with Crippen molar-refractivity contribution in [3.05, 3.63) is 54.1 Å². The predicted molar refractivity (Wildman–Crippen MR) is 96.1 cm³/mol. The molecule has 0 fully saturated rings. The van der Waals surface area contributed by atoms with Crippen LogP contribution in [-0.2, 0) is 9.59 Å². The number of aliphatic carboxylic acids is 1. The highest BCUT2D eigenvalue weighted by atomic mass is 16.5. The number of carboxylic acid groups (broad SMARTS) is 1. The van der Waals surface area contributed by atoms with Gasteiger partial charge in [-0.15, -0.1) is 0 Å². The van der Waals surface area contributed by atoms with Gasteiger partial charge in [-0.25, -0.2) is 0 Å². The van der Waals surface area contributed by atoms with Crippen molar-refractivity contribution < 1.29 is 19.4 Å². The number of ether oxygens (including phenoxy) is 1. The van der Waals surface area contributed by atoms with Crippen LogP contribution in [0.1, 0.15) is 12.0 Å². The Hall–Kier alpha value is -2.86. The van der Waals surface area contributed by atoms with E-state index in [1.807, 2.05) is 31.2 Å². The molecule has 25 heavy (non-hydrogen) atoms. The Morgan fingerprint density at radius 3 is 2.48 bits per heavy atom. The van der Waals surface area contributed by atoms with E-state index in [2.05, 4.69) is 5.32 Å². The lowest BCUT2D eigenvalue weighted by Gasteiger charge is -2.15. The van der Waals surface area contributed by atoms with Crippen LogP contribution in [0.25, 0.3) is 0 Å². The summed E-state index contributed by atoms with van der Waals surface area (Å²) in [6.45, 7) is 2.46. The second-order valence-corrected chi connectivity index (χ2v) is 5.87. The molecular formula is C19H22N2O4. The summed E-state index contributed by atoms with van der Waals surface area (Å²) in [7, 11) is 1.71. The minimum absolute atomic E-state index is 0.00871. The molecule has 0 atom stereocenters. The third kappa shape index (κ3) is 6.64. The number of aryl methyl sites for hydroxylation is 1. The van der Waals surface area contributed by atoms with Crippen molar-refractivity contribution in [2.75, 3.05) is 25.5 Å². The van der Waals surface area contributed by atoms with Crippen molar-refractivity contribution >= 4 is 17.6 Å². The average molecular weight is 342 g/mol. The number of amides is 1. The predicted octanol–water partition coefficient (Wildman–Crippen LogP) is 3.13.